The fourth-order valence-corrected chi connectivity index (χ4v) is 6.37. The topological polar surface area (TPSA) is 103 Å². The van der Waals surface area contributed by atoms with Gasteiger partial charge in [-0.25, -0.2) is 0 Å². The highest BCUT2D eigenvalue weighted by Crippen LogP contribution is 2.37. The number of hydrogen-bond acceptors (Lipinski definition) is 6. The number of likely N-dealkylation sites (tertiary alicyclic amines) is 1. The zero-order chi connectivity index (χ0) is 25.5. The predicted molar refractivity (Wildman–Crippen MR) is 135 cm³/mol. The van der Waals surface area contributed by atoms with Gasteiger partial charge in [-0.05, 0) is 61.1 Å². The van der Waals surface area contributed by atoms with Crippen LogP contribution in [0.25, 0.3) is 0 Å². The molecule has 8 heteroatoms. The molecule has 0 aromatic heterocycles. The average Bonchev–Trinajstić information content (AvgIpc) is 3.20. The maximum absolute atomic E-state index is 13.0. The van der Waals surface area contributed by atoms with Crippen molar-refractivity contribution >= 4 is 17.7 Å². The lowest BCUT2D eigenvalue weighted by Crippen LogP contribution is -2.57. The van der Waals surface area contributed by atoms with Crippen LogP contribution in [0, 0.1) is 11.3 Å². The molecule has 8 nitrogen and oxygen atoms in total. The molecule has 4 aliphatic rings. The number of amides is 3. The first-order valence-corrected chi connectivity index (χ1v) is 13.2. The number of carbonyl (C=O) groups excluding carboxylic acids is 3. The molecular formula is C29H30N4O4. The number of nitrogens with one attached hydrogen (secondary N) is 1. The van der Waals surface area contributed by atoms with E-state index in [-0.39, 0.29) is 24.3 Å². The van der Waals surface area contributed by atoms with Crippen LogP contribution < -0.4 is 10.1 Å². The first-order chi connectivity index (χ1) is 18.0. The van der Waals surface area contributed by atoms with Crippen molar-refractivity contribution in [3.63, 3.8) is 0 Å². The van der Waals surface area contributed by atoms with Crippen molar-refractivity contribution in [2.75, 3.05) is 13.1 Å². The molecule has 6 rings (SSSR count). The SMILES string of the molecule is N#Cc1ccccc1C1CN(C2CCCC[C@@H]2Oc2ccc3c(c2)CN(C2CCC(=O)NC2=O)C3=O)C1. The summed E-state index contributed by atoms with van der Waals surface area (Å²) < 4.78 is 6.54. The number of carbonyl (C=O) groups is 3. The average molecular weight is 499 g/mol. The Hall–Kier alpha value is -3.70. The second kappa shape index (κ2) is 9.64. The summed E-state index contributed by atoms with van der Waals surface area (Å²) in [6.07, 6.45) is 5.05. The van der Waals surface area contributed by atoms with E-state index < -0.39 is 11.9 Å². The van der Waals surface area contributed by atoms with E-state index in [0.29, 0.717) is 30.5 Å². The molecule has 1 aliphatic carbocycles. The van der Waals surface area contributed by atoms with E-state index in [1.165, 1.54) is 6.42 Å². The summed E-state index contributed by atoms with van der Waals surface area (Å²) in [6, 6.07) is 15.5. The Balaban J connectivity index is 1.12. The number of ether oxygens (including phenoxy) is 1. The summed E-state index contributed by atoms with van der Waals surface area (Å²) in [6.45, 7) is 2.21. The van der Waals surface area contributed by atoms with Gasteiger partial charge >= 0.3 is 0 Å². The minimum Gasteiger partial charge on any atom is -0.489 e. The number of fused-ring (bicyclic) bond motifs is 1. The zero-order valence-electron chi connectivity index (χ0n) is 20.7. The van der Waals surface area contributed by atoms with E-state index in [0.717, 1.165) is 54.8 Å². The zero-order valence-corrected chi connectivity index (χ0v) is 20.7. The maximum Gasteiger partial charge on any atom is 0.255 e. The van der Waals surface area contributed by atoms with E-state index in [4.69, 9.17) is 4.74 Å². The van der Waals surface area contributed by atoms with Crippen molar-refractivity contribution in [2.24, 2.45) is 0 Å². The third kappa shape index (κ3) is 4.38. The molecule has 37 heavy (non-hydrogen) atoms. The van der Waals surface area contributed by atoms with Gasteiger partial charge in [-0.3, -0.25) is 24.6 Å². The van der Waals surface area contributed by atoms with Gasteiger partial charge in [-0.1, -0.05) is 24.6 Å². The molecule has 3 fully saturated rings. The van der Waals surface area contributed by atoms with E-state index in [1.807, 2.05) is 30.3 Å². The Bertz CT molecular complexity index is 1300. The number of imide groups is 1. The molecule has 3 heterocycles. The number of nitrogens with zero attached hydrogens (tertiary/aromatic N) is 3. The standard InChI is InChI=1S/C29H30N4O4/c30-14-18-5-1-2-6-22(18)20-15-32(16-20)24-7-3-4-8-26(24)37-21-9-10-23-19(13-21)17-33(29(23)36)25-11-12-27(34)31-28(25)35/h1-2,5-6,9-10,13,20,24-26H,3-4,7-8,11-12,15-17H2,(H,31,34,35)/t24?,25?,26-/m0/s1. The van der Waals surface area contributed by atoms with E-state index in [9.17, 15) is 19.6 Å². The molecule has 1 saturated carbocycles. The first kappa shape index (κ1) is 23.7. The number of benzene rings is 2. The lowest BCUT2D eigenvalue weighted by molar-refractivity contribution is -0.136. The fraction of sp³-hybridized carbons (Fsp3) is 0.448. The van der Waals surface area contributed by atoms with Gasteiger partial charge in [0.05, 0.1) is 11.6 Å². The quantitative estimate of drug-likeness (QED) is 0.636. The maximum atomic E-state index is 13.0. The van der Waals surface area contributed by atoms with Crippen LogP contribution in [0.1, 0.15) is 71.5 Å². The first-order valence-electron chi connectivity index (χ1n) is 13.2. The molecule has 0 radical (unpaired) electrons. The second-order valence-electron chi connectivity index (χ2n) is 10.6. The van der Waals surface area contributed by atoms with Crippen LogP contribution in [0.5, 0.6) is 5.75 Å². The van der Waals surface area contributed by atoms with Gasteiger partial charge in [0.2, 0.25) is 11.8 Å². The molecule has 2 saturated heterocycles. The highest BCUT2D eigenvalue weighted by molar-refractivity contribution is 6.05. The van der Waals surface area contributed by atoms with Crippen LogP contribution in [0.2, 0.25) is 0 Å². The van der Waals surface area contributed by atoms with Crippen molar-refractivity contribution in [3.8, 4) is 11.8 Å². The summed E-state index contributed by atoms with van der Waals surface area (Å²) in [4.78, 5) is 40.9. The summed E-state index contributed by atoms with van der Waals surface area (Å²) in [5.74, 6) is 0.272. The van der Waals surface area contributed by atoms with Crippen LogP contribution in [-0.2, 0) is 16.1 Å². The normalized spacial score (nSPS) is 26.3. The lowest BCUT2D eigenvalue weighted by Gasteiger charge is -2.48. The molecule has 1 N–H and O–H groups in total. The highest BCUT2D eigenvalue weighted by Gasteiger charge is 2.41. The van der Waals surface area contributed by atoms with Gasteiger partial charge in [0.15, 0.2) is 0 Å². The Kier molecular flexibility index (Phi) is 6.17. The minimum absolute atomic E-state index is 0.0716. The van der Waals surface area contributed by atoms with Crippen LogP contribution in [-0.4, -0.2) is 58.8 Å². The molecule has 190 valence electrons. The Morgan fingerprint density at radius 3 is 2.62 bits per heavy atom. The second-order valence-corrected chi connectivity index (χ2v) is 10.6. The smallest absolute Gasteiger partial charge is 0.255 e. The summed E-state index contributed by atoms with van der Waals surface area (Å²) in [7, 11) is 0. The van der Waals surface area contributed by atoms with Gasteiger partial charge < -0.3 is 9.64 Å². The number of nitriles is 1. The largest absolute Gasteiger partial charge is 0.489 e. The fourth-order valence-electron chi connectivity index (χ4n) is 6.37. The molecule has 3 aliphatic heterocycles. The monoisotopic (exact) mass is 498 g/mol. The summed E-state index contributed by atoms with van der Waals surface area (Å²) in [5, 5.41) is 11.8. The van der Waals surface area contributed by atoms with Gasteiger partial charge in [-0.15, -0.1) is 0 Å². The predicted octanol–water partition coefficient (Wildman–Crippen LogP) is 3.11. The van der Waals surface area contributed by atoms with Gasteiger partial charge in [0.25, 0.3) is 5.91 Å². The van der Waals surface area contributed by atoms with Crippen LogP contribution in [0.4, 0.5) is 0 Å². The molecule has 0 spiro atoms. The van der Waals surface area contributed by atoms with Crippen molar-refractivity contribution in [1.29, 1.82) is 5.26 Å². The van der Waals surface area contributed by atoms with Crippen molar-refractivity contribution in [3.05, 3.63) is 64.7 Å². The van der Waals surface area contributed by atoms with Crippen molar-refractivity contribution < 1.29 is 19.1 Å². The van der Waals surface area contributed by atoms with Crippen LogP contribution >= 0.6 is 0 Å². The third-order valence-corrected chi connectivity index (χ3v) is 8.35. The van der Waals surface area contributed by atoms with E-state index in [1.54, 1.807) is 11.0 Å². The number of rotatable bonds is 5. The van der Waals surface area contributed by atoms with Crippen LogP contribution in [0.15, 0.2) is 42.5 Å². The minimum atomic E-state index is -0.616. The molecule has 2 aromatic carbocycles. The van der Waals surface area contributed by atoms with E-state index in [2.05, 4.69) is 22.4 Å². The van der Waals surface area contributed by atoms with Gasteiger partial charge in [-0.2, -0.15) is 5.26 Å². The Labute approximate surface area is 216 Å². The number of hydrogen-bond donors (Lipinski definition) is 1. The van der Waals surface area contributed by atoms with Crippen molar-refractivity contribution in [2.45, 2.75) is 69.2 Å². The molecule has 2 aromatic rings. The van der Waals surface area contributed by atoms with E-state index >= 15 is 0 Å². The molecule has 0 bridgehead atoms. The van der Waals surface area contributed by atoms with Gasteiger partial charge in [0.1, 0.15) is 17.9 Å². The molecule has 3 atom stereocenters. The number of piperidine rings is 1. The molecule has 2 unspecified atom stereocenters. The Morgan fingerprint density at radius 2 is 1.81 bits per heavy atom. The lowest BCUT2D eigenvalue weighted by atomic mass is 9.83. The van der Waals surface area contributed by atoms with Crippen molar-refractivity contribution in [1.82, 2.24) is 15.1 Å². The Morgan fingerprint density at radius 1 is 1.00 bits per heavy atom. The summed E-state index contributed by atoms with van der Waals surface area (Å²) in [5.41, 5.74) is 3.36. The van der Waals surface area contributed by atoms with Gasteiger partial charge in [0, 0.05) is 43.6 Å². The summed E-state index contributed by atoms with van der Waals surface area (Å²) >= 11 is 0. The third-order valence-electron chi connectivity index (χ3n) is 8.35. The molecular weight excluding hydrogens is 468 g/mol. The van der Waals surface area contributed by atoms with Crippen LogP contribution in [0.3, 0.4) is 0 Å². The highest BCUT2D eigenvalue weighted by atomic mass is 16.5. The molecule has 3 amide bonds.